The Morgan fingerprint density at radius 1 is 0.854 bits per heavy atom. The Bertz CT molecular complexity index is 957. The zero-order valence-corrected chi connectivity index (χ0v) is 28.4. The molecule has 4 aliphatic rings. The second-order valence-corrected chi connectivity index (χ2v) is 17.3. The minimum Gasteiger partial charge on any atom is -0.378 e. The lowest BCUT2D eigenvalue weighted by atomic mass is 9.47. The van der Waals surface area contributed by atoms with Crippen LogP contribution in [-0.2, 0) is 19.0 Å². The van der Waals surface area contributed by atoms with Crippen molar-refractivity contribution in [2.45, 2.75) is 150 Å². The highest BCUT2D eigenvalue weighted by molar-refractivity contribution is 7.85. The lowest BCUT2D eigenvalue weighted by Crippen LogP contribution is -2.51. The van der Waals surface area contributed by atoms with Gasteiger partial charge in [-0.05, 0) is 111 Å². The third kappa shape index (κ3) is 8.41. The molecule has 0 aliphatic heterocycles. The van der Waals surface area contributed by atoms with Gasteiger partial charge in [-0.15, -0.1) is 0 Å². The second-order valence-electron chi connectivity index (χ2n) is 15.7. The average molecular weight is 593 g/mol. The molecule has 4 aliphatic carbocycles. The minimum atomic E-state index is -3.29. The molecule has 0 N–H and O–H groups in total. The number of rotatable bonds is 16. The quantitative estimate of drug-likeness (QED) is 0.102. The molecule has 4 rings (SSSR count). The van der Waals surface area contributed by atoms with Crippen molar-refractivity contribution < 1.29 is 17.3 Å². The summed E-state index contributed by atoms with van der Waals surface area (Å²) < 4.78 is 33.3. The van der Waals surface area contributed by atoms with Gasteiger partial charge in [0.05, 0.1) is 19.0 Å². The van der Waals surface area contributed by atoms with E-state index in [1.54, 1.807) is 5.57 Å². The lowest BCUT2D eigenvalue weighted by molar-refractivity contribution is -0.0641. The summed E-state index contributed by atoms with van der Waals surface area (Å²) in [6, 6.07) is 0. The molecule has 3 saturated carbocycles. The molecule has 0 bridgehead atoms. The van der Waals surface area contributed by atoms with Gasteiger partial charge in [0, 0.05) is 6.61 Å². The van der Waals surface area contributed by atoms with Crippen molar-refractivity contribution in [2.75, 3.05) is 19.5 Å². The van der Waals surface area contributed by atoms with E-state index >= 15 is 0 Å². The summed E-state index contributed by atoms with van der Waals surface area (Å²) in [7, 11) is -3.29. The monoisotopic (exact) mass is 592 g/mol. The first-order chi connectivity index (χ1) is 19.4. The maximum Gasteiger partial charge on any atom is 0.264 e. The Kier molecular flexibility index (Phi) is 11.9. The topological polar surface area (TPSA) is 52.6 Å². The van der Waals surface area contributed by atoms with Gasteiger partial charge < -0.3 is 4.74 Å². The van der Waals surface area contributed by atoms with Crippen LogP contribution in [0.1, 0.15) is 144 Å². The number of allylic oxidation sites excluding steroid dienone is 1. The predicted molar refractivity (Wildman–Crippen MR) is 171 cm³/mol. The molecule has 0 saturated heterocycles. The fourth-order valence-corrected chi connectivity index (χ4v) is 10.6. The molecule has 41 heavy (non-hydrogen) atoms. The van der Waals surface area contributed by atoms with E-state index in [2.05, 4.69) is 40.7 Å². The molecule has 5 heteroatoms. The molecule has 0 radical (unpaired) electrons. The number of hydrogen-bond donors (Lipinski definition) is 0. The molecule has 4 nitrogen and oxygen atoms in total. The van der Waals surface area contributed by atoms with Crippen LogP contribution in [0.25, 0.3) is 0 Å². The predicted octanol–water partition coefficient (Wildman–Crippen LogP) is 9.73. The van der Waals surface area contributed by atoms with Gasteiger partial charge in [-0.3, -0.25) is 4.18 Å². The Balaban J connectivity index is 1.20. The van der Waals surface area contributed by atoms with Gasteiger partial charge in [0.1, 0.15) is 0 Å². The lowest BCUT2D eigenvalue weighted by Gasteiger charge is -2.58. The molecule has 0 unspecified atom stereocenters. The molecule has 238 valence electrons. The van der Waals surface area contributed by atoms with Crippen molar-refractivity contribution in [3.05, 3.63) is 11.6 Å². The van der Waals surface area contributed by atoms with E-state index in [0.717, 1.165) is 80.5 Å². The van der Waals surface area contributed by atoms with Gasteiger partial charge in [0.25, 0.3) is 10.1 Å². The zero-order valence-electron chi connectivity index (χ0n) is 27.6. The van der Waals surface area contributed by atoms with Crippen LogP contribution in [0, 0.1) is 46.3 Å². The first-order valence-electron chi connectivity index (χ1n) is 17.6. The average Bonchev–Trinajstić information content (AvgIpc) is 3.26. The Morgan fingerprint density at radius 2 is 1.56 bits per heavy atom. The van der Waals surface area contributed by atoms with E-state index in [4.69, 9.17) is 8.92 Å². The number of ether oxygens (including phenoxy) is 1. The molecule has 0 aromatic carbocycles. The maximum atomic E-state index is 11.0. The number of unbranched alkanes of at least 4 members (excludes halogenated alkanes) is 5. The summed E-state index contributed by atoms with van der Waals surface area (Å²) in [6.07, 6.45) is 25.9. The van der Waals surface area contributed by atoms with Crippen LogP contribution in [0.5, 0.6) is 0 Å². The normalized spacial score (nSPS) is 36.0. The van der Waals surface area contributed by atoms with Gasteiger partial charge >= 0.3 is 0 Å². The Hall–Kier alpha value is -0.390. The molecule has 3 fully saturated rings. The maximum absolute atomic E-state index is 11.0. The van der Waals surface area contributed by atoms with Gasteiger partial charge in [-0.25, -0.2) is 0 Å². The van der Waals surface area contributed by atoms with Crippen LogP contribution in [0.2, 0.25) is 0 Å². The Labute approximate surface area is 254 Å². The standard InChI is InChI=1S/C36H64O4S/c1-27(2)14-13-15-28(3)32-18-19-33-31-17-16-29-26-30(20-22-35(29,4)34(31)21-23-36(32,33)5)39-24-11-9-7-8-10-12-25-40-41(6,37)38/h16,27-28,30-34H,7-15,17-26H2,1-6H3/t28-,30+,31+,32-,33+,34+,35+,36-/m1/s1. The van der Waals surface area contributed by atoms with Crippen LogP contribution in [0.4, 0.5) is 0 Å². The van der Waals surface area contributed by atoms with Crippen molar-refractivity contribution in [2.24, 2.45) is 46.3 Å². The highest BCUT2D eigenvalue weighted by Crippen LogP contribution is 2.67. The summed E-state index contributed by atoms with van der Waals surface area (Å²) in [5, 5.41) is 0. The second kappa shape index (κ2) is 14.6. The van der Waals surface area contributed by atoms with E-state index in [9.17, 15) is 8.42 Å². The van der Waals surface area contributed by atoms with Crippen LogP contribution in [0.3, 0.4) is 0 Å². The fraction of sp³-hybridized carbons (Fsp3) is 0.944. The summed E-state index contributed by atoms with van der Waals surface area (Å²) in [5.74, 6) is 5.41. The van der Waals surface area contributed by atoms with E-state index in [1.807, 2.05) is 0 Å². The number of fused-ring (bicyclic) bond motifs is 5. The third-order valence-corrected chi connectivity index (χ3v) is 13.0. The van der Waals surface area contributed by atoms with E-state index in [-0.39, 0.29) is 0 Å². The zero-order chi connectivity index (χ0) is 29.7. The molecule has 8 atom stereocenters. The first kappa shape index (κ1) is 33.5. The molecule has 0 aromatic rings. The highest BCUT2D eigenvalue weighted by atomic mass is 32.2. The van der Waals surface area contributed by atoms with Crippen molar-refractivity contribution >= 4 is 10.1 Å². The van der Waals surface area contributed by atoms with Gasteiger partial charge in [-0.2, -0.15) is 8.42 Å². The van der Waals surface area contributed by atoms with E-state index in [0.29, 0.717) is 23.5 Å². The van der Waals surface area contributed by atoms with Crippen LogP contribution in [0.15, 0.2) is 11.6 Å². The summed E-state index contributed by atoms with van der Waals surface area (Å²) >= 11 is 0. The van der Waals surface area contributed by atoms with Crippen LogP contribution in [-0.4, -0.2) is 34.0 Å². The van der Waals surface area contributed by atoms with Crippen LogP contribution < -0.4 is 0 Å². The smallest absolute Gasteiger partial charge is 0.264 e. The minimum absolute atomic E-state index is 0.318. The fourth-order valence-electron chi connectivity index (χ4n) is 10.2. The van der Waals surface area contributed by atoms with Gasteiger partial charge in [0.15, 0.2) is 0 Å². The summed E-state index contributed by atoms with van der Waals surface area (Å²) in [5.41, 5.74) is 2.72. The van der Waals surface area contributed by atoms with Crippen molar-refractivity contribution in [1.82, 2.24) is 0 Å². The largest absolute Gasteiger partial charge is 0.378 e. The van der Waals surface area contributed by atoms with Gasteiger partial charge in [0.2, 0.25) is 0 Å². The van der Waals surface area contributed by atoms with E-state index in [1.165, 1.54) is 77.0 Å². The van der Waals surface area contributed by atoms with Gasteiger partial charge in [-0.1, -0.05) is 91.2 Å². The molecule has 0 heterocycles. The summed E-state index contributed by atoms with van der Waals surface area (Å²) in [6.45, 7) is 13.9. The van der Waals surface area contributed by atoms with Crippen LogP contribution >= 0.6 is 0 Å². The molecular weight excluding hydrogens is 528 g/mol. The highest BCUT2D eigenvalue weighted by Gasteiger charge is 2.59. The SMILES string of the molecule is CC(C)CCC[C@@H](C)[C@H]1CC[C@H]2[C@@H]3CC=C4C[C@@H](OCCCCCCCCOS(C)(=O)=O)CC[C@]4(C)[C@H]3CC[C@]12C. The third-order valence-electron chi connectivity index (χ3n) is 12.4. The molecular formula is C36H64O4S. The van der Waals surface area contributed by atoms with Crippen molar-refractivity contribution in [1.29, 1.82) is 0 Å². The summed E-state index contributed by atoms with van der Waals surface area (Å²) in [4.78, 5) is 0. The first-order valence-corrected chi connectivity index (χ1v) is 19.4. The van der Waals surface area contributed by atoms with Crippen molar-refractivity contribution in [3.8, 4) is 0 Å². The van der Waals surface area contributed by atoms with Crippen molar-refractivity contribution in [3.63, 3.8) is 0 Å². The molecule has 0 amide bonds. The number of hydrogen-bond acceptors (Lipinski definition) is 4. The Morgan fingerprint density at radius 3 is 2.27 bits per heavy atom. The molecule has 0 aromatic heterocycles. The molecule has 0 spiro atoms. The van der Waals surface area contributed by atoms with E-state index < -0.39 is 10.1 Å².